The van der Waals surface area contributed by atoms with Crippen molar-refractivity contribution in [3.63, 3.8) is 0 Å². The molecule has 0 radical (unpaired) electrons. The van der Waals surface area contributed by atoms with Crippen molar-refractivity contribution in [3.05, 3.63) is 57.8 Å². The summed E-state index contributed by atoms with van der Waals surface area (Å²) in [6.07, 6.45) is 1.61. The van der Waals surface area contributed by atoms with E-state index in [9.17, 15) is 13.6 Å². The van der Waals surface area contributed by atoms with Gasteiger partial charge in [-0.3, -0.25) is 4.79 Å². The number of nitrogens with one attached hydrogen (secondary N) is 1. The molecule has 3 heterocycles. The maximum absolute atomic E-state index is 14.4. The maximum Gasteiger partial charge on any atom is 0.249 e. The summed E-state index contributed by atoms with van der Waals surface area (Å²) in [5.41, 5.74) is 0.638. The fourth-order valence-electron chi connectivity index (χ4n) is 4.66. The van der Waals surface area contributed by atoms with Crippen LogP contribution in [-0.4, -0.2) is 23.1 Å². The third kappa shape index (κ3) is 2.65. The Kier molecular flexibility index (Phi) is 3.93. The number of carbonyl (C=O) groups is 1. The summed E-state index contributed by atoms with van der Waals surface area (Å²) in [4.78, 5) is 16.4. The molecule has 3 aliphatic rings. The molecular formula is C19H14Cl2F2N2O2. The number of hydrogen-bond acceptors (Lipinski definition) is 3. The van der Waals surface area contributed by atoms with Gasteiger partial charge in [0.2, 0.25) is 11.9 Å². The van der Waals surface area contributed by atoms with Crippen LogP contribution in [0.5, 0.6) is 0 Å². The van der Waals surface area contributed by atoms with Gasteiger partial charge < -0.3 is 10.1 Å². The van der Waals surface area contributed by atoms with Crippen molar-refractivity contribution in [2.45, 2.75) is 24.5 Å². The van der Waals surface area contributed by atoms with Crippen molar-refractivity contribution < 1.29 is 18.3 Å². The monoisotopic (exact) mass is 410 g/mol. The fraction of sp³-hybridized carbons (Fsp3) is 0.368. The first-order valence-corrected chi connectivity index (χ1v) is 9.42. The largest absolute Gasteiger partial charge is 0.373 e. The molecule has 0 spiro atoms. The van der Waals surface area contributed by atoms with Crippen LogP contribution >= 0.6 is 23.2 Å². The number of hydrogen-bond donors (Lipinski definition) is 1. The van der Waals surface area contributed by atoms with Crippen LogP contribution in [0, 0.1) is 29.5 Å². The van der Waals surface area contributed by atoms with E-state index in [1.54, 1.807) is 18.2 Å². The zero-order valence-corrected chi connectivity index (χ0v) is 15.3. The summed E-state index contributed by atoms with van der Waals surface area (Å²) < 4.78 is 34.1. The summed E-state index contributed by atoms with van der Waals surface area (Å²) in [6.45, 7) is 0. The standard InChI is InChI=1S/C19H14Cl2F2N2O2/c20-11-2-1-7(5-12(11)21)25-19(26)14-13(8-3-4-24-18(23)15(8)22)16-9-6-10(9)17(14)27-16/h1-5,9-10,13-14,16-17H,6H2,(H,25,26)/t9-,10+,13+,14-,16-,17+/m1/s1. The molecule has 27 heavy (non-hydrogen) atoms. The number of benzene rings is 1. The molecule has 0 unspecified atom stereocenters. The van der Waals surface area contributed by atoms with Crippen LogP contribution in [0.4, 0.5) is 14.5 Å². The molecule has 4 nitrogen and oxygen atoms in total. The number of halogens is 4. The molecule has 8 heteroatoms. The lowest BCUT2D eigenvalue weighted by molar-refractivity contribution is -0.122. The Hall–Kier alpha value is -1.76. The van der Waals surface area contributed by atoms with Crippen molar-refractivity contribution in [1.82, 2.24) is 4.98 Å². The zero-order chi connectivity index (χ0) is 18.9. The van der Waals surface area contributed by atoms with Crippen molar-refractivity contribution >= 4 is 34.8 Å². The second-order valence-electron chi connectivity index (χ2n) is 7.30. The minimum atomic E-state index is -1.16. The van der Waals surface area contributed by atoms with E-state index in [-0.39, 0.29) is 23.7 Å². The lowest BCUT2D eigenvalue weighted by Crippen LogP contribution is -2.37. The molecule has 5 rings (SSSR count). The van der Waals surface area contributed by atoms with E-state index in [0.29, 0.717) is 27.6 Å². The Labute approximate surface area is 163 Å². The van der Waals surface area contributed by atoms with Gasteiger partial charge in [-0.15, -0.1) is 0 Å². The highest BCUT2D eigenvalue weighted by atomic mass is 35.5. The topological polar surface area (TPSA) is 51.2 Å². The van der Waals surface area contributed by atoms with E-state index in [0.717, 1.165) is 6.42 Å². The van der Waals surface area contributed by atoms with Crippen molar-refractivity contribution in [2.24, 2.45) is 17.8 Å². The highest BCUT2D eigenvalue weighted by Gasteiger charge is 2.69. The van der Waals surface area contributed by atoms with Crippen LogP contribution in [0.25, 0.3) is 0 Å². The molecule has 6 atom stereocenters. The first-order chi connectivity index (χ1) is 13.0. The number of pyridine rings is 1. The van der Waals surface area contributed by atoms with Gasteiger partial charge in [0, 0.05) is 23.4 Å². The van der Waals surface area contributed by atoms with E-state index >= 15 is 0 Å². The van der Waals surface area contributed by atoms with Crippen LogP contribution in [0.2, 0.25) is 10.0 Å². The molecule has 2 saturated heterocycles. The quantitative estimate of drug-likeness (QED) is 0.761. The fourth-order valence-corrected chi connectivity index (χ4v) is 4.95. The van der Waals surface area contributed by atoms with Gasteiger partial charge in [-0.05, 0) is 42.5 Å². The Morgan fingerprint density at radius 2 is 1.93 bits per heavy atom. The highest BCUT2D eigenvalue weighted by Crippen LogP contribution is 2.65. The molecular weight excluding hydrogens is 397 g/mol. The lowest BCUT2D eigenvalue weighted by Gasteiger charge is -2.27. The summed E-state index contributed by atoms with van der Waals surface area (Å²) in [5.74, 6) is -3.00. The average molecular weight is 411 g/mol. The smallest absolute Gasteiger partial charge is 0.249 e. The molecule has 1 aromatic carbocycles. The summed E-state index contributed by atoms with van der Waals surface area (Å²) in [5, 5.41) is 3.52. The van der Waals surface area contributed by atoms with E-state index in [2.05, 4.69) is 10.3 Å². The highest BCUT2D eigenvalue weighted by molar-refractivity contribution is 6.42. The summed E-state index contributed by atoms with van der Waals surface area (Å²) in [7, 11) is 0. The third-order valence-corrected chi connectivity index (χ3v) is 6.61. The van der Waals surface area contributed by atoms with E-state index in [1.807, 2.05) is 0 Å². The number of ether oxygens (including phenoxy) is 1. The third-order valence-electron chi connectivity index (χ3n) is 5.87. The van der Waals surface area contributed by atoms with Crippen molar-refractivity contribution in [3.8, 4) is 0 Å². The van der Waals surface area contributed by atoms with Gasteiger partial charge in [0.15, 0.2) is 5.82 Å². The number of anilines is 1. The zero-order valence-electron chi connectivity index (χ0n) is 13.8. The number of aromatic nitrogens is 1. The Balaban J connectivity index is 1.48. The molecule has 1 aliphatic carbocycles. The molecule has 140 valence electrons. The number of rotatable bonds is 3. The van der Waals surface area contributed by atoms with Gasteiger partial charge >= 0.3 is 0 Å². The van der Waals surface area contributed by atoms with Crippen LogP contribution < -0.4 is 5.32 Å². The second kappa shape index (κ2) is 6.12. The van der Waals surface area contributed by atoms with E-state index < -0.39 is 23.6 Å². The first-order valence-electron chi connectivity index (χ1n) is 8.67. The van der Waals surface area contributed by atoms with Gasteiger partial charge in [0.25, 0.3) is 0 Å². The van der Waals surface area contributed by atoms with Crippen LogP contribution in [0.3, 0.4) is 0 Å². The van der Waals surface area contributed by atoms with Crippen LogP contribution in [0.1, 0.15) is 17.9 Å². The normalized spacial score (nSPS) is 33.0. The summed E-state index contributed by atoms with van der Waals surface area (Å²) >= 11 is 11.9. The lowest BCUT2D eigenvalue weighted by atomic mass is 9.75. The molecule has 2 aromatic rings. The van der Waals surface area contributed by atoms with Gasteiger partial charge in [-0.1, -0.05) is 23.2 Å². The van der Waals surface area contributed by atoms with E-state index in [1.165, 1.54) is 12.3 Å². The molecule has 2 aliphatic heterocycles. The molecule has 1 saturated carbocycles. The van der Waals surface area contributed by atoms with Gasteiger partial charge in [0.05, 0.1) is 28.2 Å². The maximum atomic E-state index is 14.4. The average Bonchev–Trinajstić information content (AvgIpc) is 3.25. The van der Waals surface area contributed by atoms with Crippen LogP contribution in [-0.2, 0) is 9.53 Å². The van der Waals surface area contributed by atoms with Gasteiger partial charge in [0.1, 0.15) is 0 Å². The Bertz CT molecular complexity index is 957. The minimum Gasteiger partial charge on any atom is -0.373 e. The predicted molar refractivity (Wildman–Crippen MR) is 95.7 cm³/mol. The SMILES string of the molecule is O=C(Nc1ccc(Cl)c(Cl)c1)[C@H]1[C@H]2O[C@H]([C@@H]3C[C@@H]32)[C@H]1c1ccnc(F)c1F. The Morgan fingerprint density at radius 3 is 2.70 bits per heavy atom. The second-order valence-corrected chi connectivity index (χ2v) is 8.12. The molecule has 1 amide bonds. The molecule has 1 N–H and O–H groups in total. The number of carbonyl (C=O) groups excluding carboxylic acids is 1. The Morgan fingerprint density at radius 1 is 1.15 bits per heavy atom. The van der Waals surface area contributed by atoms with E-state index in [4.69, 9.17) is 27.9 Å². The van der Waals surface area contributed by atoms with Crippen molar-refractivity contribution in [2.75, 3.05) is 5.32 Å². The number of amides is 1. The van der Waals surface area contributed by atoms with Crippen LogP contribution in [0.15, 0.2) is 30.5 Å². The number of fused-ring (bicyclic) bond motifs is 5. The molecule has 2 bridgehead atoms. The molecule has 3 fully saturated rings. The first kappa shape index (κ1) is 17.3. The summed E-state index contributed by atoms with van der Waals surface area (Å²) in [6, 6.07) is 6.21. The predicted octanol–water partition coefficient (Wildman–Crippen LogP) is 4.42. The molecule has 1 aromatic heterocycles. The van der Waals surface area contributed by atoms with Gasteiger partial charge in [-0.25, -0.2) is 9.37 Å². The number of nitrogens with zero attached hydrogens (tertiary/aromatic N) is 1. The minimum absolute atomic E-state index is 0.148. The van der Waals surface area contributed by atoms with Gasteiger partial charge in [-0.2, -0.15) is 4.39 Å². The van der Waals surface area contributed by atoms with Crippen molar-refractivity contribution in [1.29, 1.82) is 0 Å².